The van der Waals surface area contributed by atoms with E-state index in [-0.39, 0.29) is 11.8 Å². The van der Waals surface area contributed by atoms with Crippen LogP contribution in [0.5, 0.6) is 5.75 Å². The van der Waals surface area contributed by atoms with Crippen LogP contribution in [-0.4, -0.2) is 24.5 Å². The minimum Gasteiger partial charge on any atom is -0.425 e. The minimum absolute atomic E-state index is 0.0187. The first-order valence-corrected chi connectivity index (χ1v) is 7.87. The molecular formula is C17H24N2O3. The van der Waals surface area contributed by atoms with Gasteiger partial charge in [-0.15, -0.1) is 0 Å². The van der Waals surface area contributed by atoms with E-state index in [2.05, 4.69) is 5.32 Å². The van der Waals surface area contributed by atoms with Crippen molar-refractivity contribution in [3.63, 3.8) is 0 Å². The molecule has 5 nitrogen and oxygen atoms in total. The van der Waals surface area contributed by atoms with E-state index in [1.54, 1.807) is 31.2 Å². The van der Waals surface area contributed by atoms with Gasteiger partial charge in [0.1, 0.15) is 11.8 Å². The lowest BCUT2D eigenvalue weighted by atomic mass is 9.81. The van der Waals surface area contributed by atoms with Crippen LogP contribution in [-0.2, 0) is 9.59 Å². The van der Waals surface area contributed by atoms with Gasteiger partial charge in [0.25, 0.3) is 0 Å². The smallest absolute Gasteiger partial charge is 0.333 e. The van der Waals surface area contributed by atoms with Crippen LogP contribution in [0.4, 0.5) is 0 Å². The lowest BCUT2D eigenvalue weighted by Crippen LogP contribution is -2.44. The molecule has 1 aromatic carbocycles. The second-order valence-electron chi connectivity index (χ2n) is 5.92. The summed E-state index contributed by atoms with van der Waals surface area (Å²) in [7, 11) is 0. The van der Waals surface area contributed by atoms with Crippen LogP contribution < -0.4 is 15.8 Å². The van der Waals surface area contributed by atoms with Crippen molar-refractivity contribution in [2.75, 3.05) is 6.54 Å². The fraction of sp³-hybridized carbons (Fsp3) is 0.529. The monoisotopic (exact) mass is 304 g/mol. The largest absolute Gasteiger partial charge is 0.425 e. The van der Waals surface area contributed by atoms with Crippen LogP contribution in [0.15, 0.2) is 30.3 Å². The third kappa shape index (κ3) is 4.56. The Morgan fingerprint density at radius 1 is 1.23 bits per heavy atom. The summed E-state index contributed by atoms with van der Waals surface area (Å²) in [6, 6.07) is 8.20. The van der Waals surface area contributed by atoms with E-state index in [0.29, 0.717) is 18.2 Å². The van der Waals surface area contributed by atoms with E-state index >= 15 is 0 Å². The number of hydrogen-bond donors (Lipinski definition) is 2. The summed E-state index contributed by atoms with van der Waals surface area (Å²) in [6.07, 6.45) is 3.65. The van der Waals surface area contributed by atoms with Crippen molar-refractivity contribution < 1.29 is 14.3 Å². The molecule has 0 saturated heterocycles. The molecule has 1 fully saturated rings. The molecule has 0 aliphatic heterocycles. The quantitative estimate of drug-likeness (QED) is 0.642. The van der Waals surface area contributed by atoms with Gasteiger partial charge in [-0.25, -0.2) is 4.79 Å². The van der Waals surface area contributed by atoms with Crippen molar-refractivity contribution in [3.8, 4) is 5.75 Å². The van der Waals surface area contributed by atoms with Gasteiger partial charge in [0.05, 0.1) is 0 Å². The number of esters is 1. The molecule has 2 rings (SSSR count). The number of para-hydroxylation sites is 1. The van der Waals surface area contributed by atoms with Crippen LogP contribution in [0.3, 0.4) is 0 Å². The van der Waals surface area contributed by atoms with Crippen LogP contribution >= 0.6 is 0 Å². The zero-order chi connectivity index (χ0) is 15.9. The predicted molar refractivity (Wildman–Crippen MR) is 84.2 cm³/mol. The number of amides is 1. The SMILES string of the molecule is C[C@H](NC(=O)C1CCC(CN)CC1)C(=O)Oc1ccccc1. The van der Waals surface area contributed by atoms with Crippen molar-refractivity contribution >= 4 is 11.9 Å². The van der Waals surface area contributed by atoms with Gasteiger partial charge in [-0.3, -0.25) is 4.79 Å². The highest BCUT2D eigenvalue weighted by molar-refractivity contribution is 5.86. The number of carbonyl (C=O) groups excluding carboxylic acids is 2. The fourth-order valence-corrected chi connectivity index (χ4v) is 2.74. The molecule has 1 aromatic rings. The summed E-state index contributed by atoms with van der Waals surface area (Å²) in [4.78, 5) is 24.2. The van der Waals surface area contributed by atoms with Crippen molar-refractivity contribution in [1.29, 1.82) is 0 Å². The molecule has 120 valence electrons. The second-order valence-corrected chi connectivity index (χ2v) is 5.92. The number of hydrogen-bond acceptors (Lipinski definition) is 4. The first-order valence-electron chi connectivity index (χ1n) is 7.87. The Bertz CT molecular complexity index is 496. The maximum absolute atomic E-state index is 12.2. The molecule has 1 saturated carbocycles. The van der Waals surface area contributed by atoms with Gasteiger partial charge in [-0.05, 0) is 57.2 Å². The van der Waals surface area contributed by atoms with E-state index in [9.17, 15) is 9.59 Å². The topological polar surface area (TPSA) is 81.4 Å². The zero-order valence-electron chi connectivity index (χ0n) is 13.0. The molecule has 1 atom stereocenters. The second kappa shape index (κ2) is 7.94. The Morgan fingerprint density at radius 3 is 2.45 bits per heavy atom. The molecule has 1 amide bonds. The lowest BCUT2D eigenvalue weighted by molar-refractivity contribution is -0.140. The third-order valence-electron chi connectivity index (χ3n) is 4.22. The summed E-state index contributed by atoms with van der Waals surface area (Å²) < 4.78 is 5.23. The highest BCUT2D eigenvalue weighted by Gasteiger charge is 2.28. The van der Waals surface area contributed by atoms with Crippen molar-refractivity contribution in [2.24, 2.45) is 17.6 Å². The first kappa shape index (κ1) is 16.5. The Labute approximate surface area is 131 Å². The van der Waals surface area contributed by atoms with Gasteiger partial charge in [-0.1, -0.05) is 18.2 Å². The molecule has 0 aromatic heterocycles. The standard InChI is InChI=1S/C17H24N2O3/c1-12(17(21)22-15-5-3-2-4-6-15)19-16(20)14-9-7-13(11-18)8-10-14/h2-6,12-14H,7-11,18H2,1H3,(H,19,20)/t12-,13?,14?/m0/s1. The average Bonchev–Trinajstić information content (AvgIpc) is 2.55. The van der Waals surface area contributed by atoms with Gasteiger partial charge >= 0.3 is 5.97 Å². The maximum atomic E-state index is 12.2. The zero-order valence-corrected chi connectivity index (χ0v) is 13.0. The number of nitrogens with two attached hydrogens (primary N) is 1. The Hall–Kier alpha value is -1.88. The molecule has 0 spiro atoms. The molecule has 1 aliphatic rings. The van der Waals surface area contributed by atoms with Crippen LogP contribution in [0.25, 0.3) is 0 Å². The first-order chi connectivity index (χ1) is 10.6. The highest BCUT2D eigenvalue weighted by Crippen LogP contribution is 2.28. The average molecular weight is 304 g/mol. The number of nitrogens with one attached hydrogen (secondary N) is 1. The predicted octanol–water partition coefficient (Wildman–Crippen LogP) is 1.86. The Balaban J connectivity index is 1.79. The van der Waals surface area contributed by atoms with Gasteiger partial charge in [0.2, 0.25) is 5.91 Å². The molecule has 0 bridgehead atoms. The lowest BCUT2D eigenvalue weighted by Gasteiger charge is -2.27. The van der Waals surface area contributed by atoms with Crippen molar-refractivity contribution in [1.82, 2.24) is 5.32 Å². The van der Waals surface area contributed by atoms with E-state index in [1.165, 1.54) is 0 Å². The fourth-order valence-electron chi connectivity index (χ4n) is 2.74. The maximum Gasteiger partial charge on any atom is 0.333 e. The molecule has 3 N–H and O–H groups in total. The molecule has 1 aliphatic carbocycles. The molecule has 5 heteroatoms. The normalized spacial score (nSPS) is 22.6. The Morgan fingerprint density at radius 2 is 1.86 bits per heavy atom. The summed E-state index contributed by atoms with van der Waals surface area (Å²) in [5.41, 5.74) is 5.66. The summed E-state index contributed by atoms with van der Waals surface area (Å²) in [6.45, 7) is 2.34. The number of carbonyl (C=O) groups is 2. The molecule has 0 unspecified atom stereocenters. The van der Waals surface area contributed by atoms with Crippen LogP contribution in [0, 0.1) is 11.8 Å². The van der Waals surface area contributed by atoms with E-state index in [4.69, 9.17) is 10.5 Å². The van der Waals surface area contributed by atoms with Crippen LogP contribution in [0.2, 0.25) is 0 Å². The van der Waals surface area contributed by atoms with Gasteiger partial charge in [-0.2, -0.15) is 0 Å². The molecular weight excluding hydrogens is 280 g/mol. The number of rotatable bonds is 5. The highest BCUT2D eigenvalue weighted by atomic mass is 16.5. The van der Waals surface area contributed by atoms with E-state index in [1.807, 2.05) is 6.07 Å². The minimum atomic E-state index is -0.653. The van der Waals surface area contributed by atoms with Gasteiger partial charge in [0, 0.05) is 5.92 Å². The van der Waals surface area contributed by atoms with Gasteiger partial charge in [0.15, 0.2) is 0 Å². The summed E-state index contributed by atoms with van der Waals surface area (Å²) in [5.74, 6) is 0.486. The Kier molecular flexibility index (Phi) is 5.95. The van der Waals surface area contributed by atoms with Crippen LogP contribution in [0.1, 0.15) is 32.6 Å². The molecule has 0 heterocycles. The summed E-state index contributed by atoms with van der Waals surface area (Å²) >= 11 is 0. The summed E-state index contributed by atoms with van der Waals surface area (Å²) in [5, 5.41) is 2.76. The van der Waals surface area contributed by atoms with Crippen molar-refractivity contribution in [3.05, 3.63) is 30.3 Å². The number of benzene rings is 1. The van der Waals surface area contributed by atoms with E-state index in [0.717, 1.165) is 25.7 Å². The third-order valence-corrected chi connectivity index (χ3v) is 4.22. The van der Waals surface area contributed by atoms with E-state index < -0.39 is 12.0 Å². The molecule has 0 radical (unpaired) electrons. The van der Waals surface area contributed by atoms with Gasteiger partial charge < -0.3 is 15.8 Å². The number of ether oxygens (including phenoxy) is 1. The van der Waals surface area contributed by atoms with Crippen molar-refractivity contribution in [2.45, 2.75) is 38.6 Å². The molecule has 22 heavy (non-hydrogen) atoms.